The monoisotopic (exact) mass is 374 g/mol. The Morgan fingerprint density at radius 1 is 1.25 bits per heavy atom. The van der Waals surface area contributed by atoms with Gasteiger partial charge in [-0.25, -0.2) is 4.79 Å². The minimum Gasteiger partial charge on any atom is -0.488 e. The summed E-state index contributed by atoms with van der Waals surface area (Å²) in [5, 5.41) is 9.80. The molecule has 0 amide bonds. The minimum absolute atomic E-state index is 0.185. The maximum atomic E-state index is 10.8. The summed E-state index contributed by atoms with van der Waals surface area (Å²) in [5.41, 5.74) is 0.943. The van der Waals surface area contributed by atoms with Crippen LogP contribution < -0.4 is 4.74 Å². The lowest BCUT2D eigenvalue weighted by Gasteiger charge is -2.10. The third-order valence-electron chi connectivity index (χ3n) is 2.59. The molecule has 0 saturated heterocycles. The average molecular weight is 376 g/mol. The Morgan fingerprint density at radius 2 is 2.00 bits per heavy atom. The van der Waals surface area contributed by atoms with Crippen molar-refractivity contribution in [2.24, 2.45) is 0 Å². The molecule has 104 valence electrons. The van der Waals surface area contributed by atoms with Crippen LogP contribution in [-0.2, 0) is 6.61 Å². The van der Waals surface area contributed by atoms with Gasteiger partial charge in [0.1, 0.15) is 12.4 Å². The smallest absolute Gasteiger partial charge is 0.335 e. The van der Waals surface area contributed by atoms with Gasteiger partial charge in [0.2, 0.25) is 0 Å². The van der Waals surface area contributed by atoms with E-state index in [2.05, 4.69) is 15.9 Å². The lowest BCUT2D eigenvalue weighted by Crippen LogP contribution is -2.00. The highest BCUT2D eigenvalue weighted by molar-refractivity contribution is 9.10. The molecule has 0 aliphatic heterocycles. The summed E-state index contributed by atoms with van der Waals surface area (Å²) in [7, 11) is 0. The number of carboxylic acid groups (broad SMARTS) is 1. The van der Waals surface area contributed by atoms with Crippen LogP contribution in [0.2, 0.25) is 10.0 Å². The number of carbonyl (C=O) groups is 1. The van der Waals surface area contributed by atoms with Crippen LogP contribution in [0.5, 0.6) is 5.75 Å². The van der Waals surface area contributed by atoms with E-state index < -0.39 is 5.97 Å². The Labute approximate surface area is 134 Å². The summed E-state index contributed by atoms with van der Waals surface area (Å²) in [6, 6.07) is 9.85. The molecule has 0 fully saturated rings. The van der Waals surface area contributed by atoms with Gasteiger partial charge in [0.05, 0.1) is 20.1 Å². The molecule has 0 aliphatic carbocycles. The molecule has 0 atom stereocenters. The van der Waals surface area contributed by atoms with E-state index in [1.165, 1.54) is 12.1 Å². The fraction of sp³-hybridized carbons (Fsp3) is 0.0714. The van der Waals surface area contributed by atoms with Gasteiger partial charge in [0, 0.05) is 5.56 Å². The van der Waals surface area contributed by atoms with E-state index in [1.54, 1.807) is 18.2 Å². The molecule has 3 nitrogen and oxygen atoms in total. The molecule has 0 aliphatic rings. The Morgan fingerprint density at radius 3 is 2.65 bits per heavy atom. The second-order valence-corrected chi connectivity index (χ2v) is 5.59. The van der Waals surface area contributed by atoms with Gasteiger partial charge in [-0.1, -0.05) is 35.3 Å². The second-order valence-electron chi connectivity index (χ2n) is 3.95. The highest BCUT2D eigenvalue weighted by Gasteiger charge is 2.09. The van der Waals surface area contributed by atoms with Gasteiger partial charge < -0.3 is 9.84 Å². The minimum atomic E-state index is -0.991. The van der Waals surface area contributed by atoms with Crippen molar-refractivity contribution in [3.8, 4) is 5.75 Å². The molecule has 0 heterocycles. The van der Waals surface area contributed by atoms with Crippen LogP contribution in [-0.4, -0.2) is 11.1 Å². The molecule has 6 heteroatoms. The zero-order valence-corrected chi connectivity index (χ0v) is 13.2. The Kier molecular flexibility index (Phi) is 4.91. The Balaban J connectivity index is 2.15. The van der Waals surface area contributed by atoms with E-state index in [9.17, 15) is 4.79 Å². The third-order valence-corrected chi connectivity index (χ3v) is 4.07. The molecular weight excluding hydrogens is 367 g/mol. The molecule has 2 aromatic carbocycles. The van der Waals surface area contributed by atoms with Crippen LogP contribution >= 0.6 is 39.1 Å². The summed E-state index contributed by atoms with van der Waals surface area (Å²) >= 11 is 15.3. The van der Waals surface area contributed by atoms with Gasteiger partial charge in [-0.2, -0.15) is 0 Å². The fourth-order valence-electron chi connectivity index (χ4n) is 1.57. The van der Waals surface area contributed by atoms with Gasteiger partial charge in [-0.05, 0) is 40.2 Å². The first-order valence-corrected chi connectivity index (χ1v) is 7.12. The number of hydrogen-bond donors (Lipinski definition) is 1. The largest absolute Gasteiger partial charge is 0.488 e. The van der Waals surface area contributed by atoms with Crippen molar-refractivity contribution in [2.75, 3.05) is 0 Å². The third kappa shape index (κ3) is 3.45. The van der Waals surface area contributed by atoms with Crippen LogP contribution in [0, 0.1) is 0 Å². The molecule has 0 spiro atoms. The lowest BCUT2D eigenvalue weighted by atomic mass is 10.2. The van der Waals surface area contributed by atoms with E-state index in [0.717, 1.165) is 5.56 Å². The number of ether oxygens (including phenoxy) is 1. The highest BCUT2D eigenvalue weighted by Crippen LogP contribution is 2.29. The summed E-state index contributed by atoms with van der Waals surface area (Å²) in [6.07, 6.45) is 0. The lowest BCUT2D eigenvalue weighted by molar-refractivity contribution is 0.0696. The van der Waals surface area contributed by atoms with Gasteiger partial charge in [0.15, 0.2) is 0 Å². The number of aromatic carboxylic acids is 1. The van der Waals surface area contributed by atoms with Crippen molar-refractivity contribution in [3.63, 3.8) is 0 Å². The molecule has 2 rings (SSSR count). The van der Waals surface area contributed by atoms with E-state index in [0.29, 0.717) is 20.3 Å². The van der Waals surface area contributed by atoms with Crippen LogP contribution in [0.25, 0.3) is 0 Å². The van der Waals surface area contributed by atoms with Crippen LogP contribution in [0.4, 0.5) is 0 Å². The molecule has 20 heavy (non-hydrogen) atoms. The molecule has 0 aromatic heterocycles. The van der Waals surface area contributed by atoms with Crippen molar-refractivity contribution < 1.29 is 14.6 Å². The summed E-state index contributed by atoms with van der Waals surface area (Å²) < 4.78 is 6.18. The number of hydrogen-bond acceptors (Lipinski definition) is 2. The van der Waals surface area contributed by atoms with Crippen molar-refractivity contribution in [1.82, 2.24) is 0 Å². The highest BCUT2D eigenvalue weighted by atomic mass is 79.9. The van der Waals surface area contributed by atoms with Crippen molar-refractivity contribution in [2.45, 2.75) is 6.61 Å². The van der Waals surface area contributed by atoms with Gasteiger partial charge in [-0.3, -0.25) is 0 Å². The molecule has 0 bridgehead atoms. The first-order chi connectivity index (χ1) is 9.49. The molecular formula is C14H9BrCl2O3. The number of rotatable bonds is 4. The average Bonchev–Trinajstić information content (AvgIpc) is 2.41. The predicted octanol–water partition coefficient (Wildman–Crippen LogP) is 5.03. The molecule has 0 saturated carbocycles. The number of halogens is 3. The first kappa shape index (κ1) is 15.2. The zero-order chi connectivity index (χ0) is 14.7. The Hall–Kier alpha value is -1.23. The number of benzene rings is 2. The van der Waals surface area contributed by atoms with Gasteiger partial charge in [0.25, 0.3) is 0 Å². The topological polar surface area (TPSA) is 46.5 Å². The van der Waals surface area contributed by atoms with Crippen molar-refractivity contribution in [3.05, 3.63) is 62.0 Å². The van der Waals surface area contributed by atoms with E-state index in [-0.39, 0.29) is 12.2 Å². The Bertz CT molecular complexity index is 659. The summed E-state index contributed by atoms with van der Waals surface area (Å²) in [5.74, 6) is -0.457. The van der Waals surface area contributed by atoms with Gasteiger partial charge >= 0.3 is 5.97 Å². The second kappa shape index (κ2) is 6.48. The molecule has 0 unspecified atom stereocenters. The summed E-state index contributed by atoms with van der Waals surface area (Å²) in [6.45, 7) is 0.240. The van der Waals surface area contributed by atoms with E-state index >= 15 is 0 Å². The number of carboxylic acids is 1. The van der Waals surface area contributed by atoms with Crippen LogP contribution in [0.3, 0.4) is 0 Å². The zero-order valence-electron chi connectivity index (χ0n) is 10.1. The van der Waals surface area contributed by atoms with Crippen molar-refractivity contribution in [1.29, 1.82) is 0 Å². The SMILES string of the molecule is O=C(O)c1ccc(OCc2cccc(Cl)c2Cl)c(Br)c1. The molecule has 0 radical (unpaired) electrons. The molecule has 1 N–H and O–H groups in total. The van der Waals surface area contributed by atoms with Gasteiger partial charge in [-0.15, -0.1) is 0 Å². The standard InChI is InChI=1S/C14H9BrCl2O3/c15-10-6-8(14(18)19)4-5-12(10)20-7-9-2-1-3-11(16)13(9)17/h1-6H,7H2,(H,18,19). The van der Waals surface area contributed by atoms with Crippen molar-refractivity contribution >= 4 is 45.1 Å². The fourth-order valence-corrected chi connectivity index (χ4v) is 2.43. The summed E-state index contributed by atoms with van der Waals surface area (Å²) in [4.78, 5) is 10.8. The van der Waals surface area contributed by atoms with E-state index in [4.69, 9.17) is 33.0 Å². The molecule has 2 aromatic rings. The predicted molar refractivity (Wildman–Crippen MR) is 81.9 cm³/mol. The maximum Gasteiger partial charge on any atom is 0.335 e. The van der Waals surface area contributed by atoms with Crippen LogP contribution in [0.1, 0.15) is 15.9 Å². The maximum absolute atomic E-state index is 10.8. The normalized spacial score (nSPS) is 10.3. The first-order valence-electron chi connectivity index (χ1n) is 5.57. The van der Waals surface area contributed by atoms with E-state index in [1.807, 2.05) is 6.07 Å². The quantitative estimate of drug-likeness (QED) is 0.814. The van der Waals surface area contributed by atoms with Crippen LogP contribution in [0.15, 0.2) is 40.9 Å².